The molecule has 2 rings (SSSR count). The van der Waals surface area contributed by atoms with Crippen molar-refractivity contribution >= 4 is 0 Å². The normalized spacial score (nSPS) is 9.79. The predicted molar refractivity (Wildman–Crippen MR) is 52.1 cm³/mol. The molecule has 14 heavy (non-hydrogen) atoms. The number of nitrogens with zero attached hydrogens (tertiary/aromatic N) is 2. The summed E-state index contributed by atoms with van der Waals surface area (Å²) in [5.41, 5.74) is 0.781. The zero-order valence-corrected chi connectivity index (χ0v) is 7.77. The fourth-order valence-corrected chi connectivity index (χ4v) is 1.05. The maximum atomic E-state index is 5.53. The van der Waals surface area contributed by atoms with E-state index in [1.807, 2.05) is 37.3 Å². The number of aromatic nitrogens is 2. The highest BCUT2D eigenvalue weighted by molar-refractivity contribution is 5.30. The summed E-state index contributed by atoms with van der Waals surface area (Å²) in [6.45, 7) is 1.86. The number of rotatable bonds is 2. The van der Waals surface area contributed by atoms with Gasteiger partial charge < -0.3 is 4.74 Å². The van der Waals surface area contributed by atoms with E-state index in [0.29, 0.717) is 5.75 Å². The Balaban J connectivity index is 2.24. The summed E-state index contributed by atoms with van der Waals surface area (Å²) in [6.07, 6.45) is 4.20. The van der Waals surface area contributed by atoms with Gasteiger partial charge in [0.1, 0.15) is 18.3 Å². The molecule has 0 fully saturated rings. The maximum absolute atomic E-state index is 5.53. The van der Waals surface area contributed by atoms with Crippen molar-refractivity contribution in [3.05, 3.63) is 48.5 Å². The van der Waals surface area contributed by atoms with Crippen molar-refractivity contribution in [2.75, 3.05) is 0 Å². The molecular formula is C11H9N2O. The van der Waals surface area contributed by atoms with Gasteiger partial charge in [0.2, 0.25) is 0 Å². The molecule has 3 nitrogen and oxygen atoms in total. The Labute approximate surface area is 82.4 Å². The molecule has 0 spiro atoms. The molecule has 0 aliphatic heterocycles. The van der Waals surface area contributed by atoms with Gasteiger partial charge in [0, 0.05) is 0 Å². The van der Waals surface area contributed by atoms with Gasteiger partial charge in [-0.15, -0.1) is 0 Å². The van der Waals surface area contributed by atoms with E-state index in [2.05, 4.69) is 16.2 Å². The number of benzene rings is 1. The SMILES string of the molecule is Cc1ncn[c]c1Oc1ccccc1. The summed E-state index contributed by atoms with van der Waals surface area (Å²) in [5, 5.41) is 0. The molecule has 0 unspecified atom stereocenters. The van der Waals surface area contributed by atoms with E-state index < -0.39 is 0 Å². The minimum Gasteiger partial charge on any atom is -0.453 e. The number of para-hydroxylation sites is 1. The Hall–Kier alpha value is -1.90. The Kier molecular flexibility index (Phi) is 2.40. The standard InChI is InChI=1S/C11H9N2O/c1-9-11(7-12-8-13-9)14-10-5-3-2-4-6-10/h2-6,8H,1H3. The van der Waals surface area contributed by atoms with E-state index in [1.165, 1.54) is 6.33 Å². The van der Waals surface area contributed by atoms with E-state index in [9.17, 15) is 0 Å². The number of hydrogen-bond acceptors (Lipinski definition) is 3. The first kappa shape index (κ1) is 8.69. The molecule has 0 saturated heterocycles. The van der Waals surface area contributed by atoms with E-state index in [4.69, 9.17) is 4.74 Å². The lowest BCUT2D eigenvalue weighted by Crippen LogP contribution is -1.91. The summed E-state index contributed by atoms with van der Waals surface area (Å²) < 4.78 is 5.53. The monoisotopic (exact) mass is 185 g/mol. The van der Waals surface area contributed by atoms with Crippen LogP contribution in [0.5, 0.6) is 11.5 Å². The van der Waals surface area contributed by atoms with Crippen LogP contribution < -0.4 is 4.74 Å². The van der Waals surface area contributed by atoms with Crippen LogP contribution in [0, 0.1) is 13.1 Å². The number of ether oxygens (including phenoxy) is 1. The predicted octanol–water partition coefficient (Wildman–Crippen LogP) is 2.38. The molecule has 0 saturated carbocycles. The van der Waals surface area contributed by atoms with Crippen molar-refractivity contribution in [1.29, 1.82) is 0 Å². The van der Waals surface area contributed by atoms with E-state index in [-0.39, 0.29) is 0 Å². The van der Waals surface area contributed by atoms with Gasteiger partial charge in [0.25, 0.3) is 0 Å². The molecule has 1 aromatic heterocycles. The van der Waals surface area contributed by atoms with Gasteiger partial charge in [0.05, 0.1) is 5.69 Å². The molecule has 3 heteroatoms. The molecule has 2 aromatic rings. The minimum atomic E-state index is 0.568. The Morgan fingerprint density at radius 2 is 2.00 bits per heavy atom. The van der Waals surface area contributed by atoms with Crippen molar-refractivity contribution < 1.29 is 4.74 Å². The van der Waals surface area contributed by atoms with Crippen molar-refractivity contribution in [2.24, 2.45) is 0 Å². The van der Waals surface area contributed by atoms with Gasteiger partial charge in [-0.25, -0.2) is 9.97 Å². The van der Waals surface area contributed by atoms with Crippen LogP contribution in [0.1, 0.15) is 5.69 Å². The first-order valence-corrected chi connectivity index (χ1v) is 4.28. The molecule has 1 aromatic carbocycles. The molecule has 0 amide bonds. The smallest absolute Gasteiger partial charge is 0.176 e. The molecule has 1 heterocycles. The number of hydrogen-bond donors (Lipinski definition) is 0. The second-order valence-corrected chi connectivity index (χ2v) is 2.82. The van der Waals surface area contributed by atoms with Crippen LogP contribution in [0.4, 0.5) is 0 Å². The molecule has 1 radical (unpaired) electrons. The molecule has 69 valence electrons. The molecule has 0 atom stereocenters. The number of aryl methyl sites for hydroxylation is 1. The summed E-state index contributed by atoms with van der Waals surface area (Å²) in [7, 11) is 0. The Bertz CT molecular complexity index is 415. The average molecular weight is 185 g/mol. The molecular weight excluding hydrogens is 176 g/mol. The molecule has 0 bridgehead atoms. The third-order valence-electron chi connectivity index (χ3n) is 1.77. The van der Waals surface area contributed by atoms with Crippen molar-refractivity contribution in [2.45, 2.75) is 6.92 Å². The van der Waals surface area contributed by atoms with Crippen LogP contribution in [0.25, 0.3) is 0 Å². The first-order valence-electron chi connectivity index (χ1n) is 4.28. The Morgan fingerprint density at radius 1 is 1.21 bits per heavy atom. The van der Waals surface area contributed by atoms with Crippen LogP contribution in [0.3, 0.4) is 0 Å². The van der Waals surface area contributed by atoms with Gasteiger partial charge in [-0.1, -0.05) is 18.2 Å². The van der Waals surface area contributed by atoms with Crippen LogP contribution in [0.2, 0.25) is 0 Å². The summed E-state index contributed by atoms with van der Waals surface area (Å²) in [6, 6.07) is 9.51. The molecule has 0 aliphatic rings. The molecule has 0 N–H and O–H groups in total. The van der Waals surface area contributed by atoms with E-state index in [0.717, 1.165) is 11.4 Å². The van der Waals surface area contributed by atoms with Gasteiger partial charge >= 0.3 is 0 Å². The minimum absolute atomic E-state index is 0.568. The summed E-state index contributed by atoms with van der Waals surface area (Å²) >= 11 is 0. The van der Waals surface area contributed by atoms with Crippen LogP contribution in [-0.2, 0) is 0 Å². The van der Waals surface area contributed by atoms with Crippen LogP contribution in [0.15, 0.2) is 36.7 Å². The van der Waals surface area contributed by atoms with Gasteiger partial charge in [-0.05, 0) is 19.1 Å². The maximum Gasteiger partial charge on any atom is 0.176 e. The van der Waals surface area contributed by atoms with Crippen molar-refractivity contribution in [3.8, 4) is 11.5 Å². The third kappa shape index (κ3) is 1.88. The van der Waals surface area contributed by atoms with Gasteiger partial charge in [0.15, 0.2) is 5.75 Å². The summed E-state index contributed by atoms with van der Waals surface area (Å²) in [5.74, 6) is 1.33. The lowest BCUT2D eigenvalue weighted by Gasteiger charge is -2.05. The lowest BCUT2D eigenvalue weighted by atomic mass is 10.3. The first-order chi connectivity index (χ1) is 6.86. The van der Waals surface area contributed by atoms with Crippen LogP contribution in [-0.4, -0.2) is 9.97 Å². The zero-order valence-electron chi connectivity index (χ0n) is 7.77. The van der Waals surface area contributed by atoms with Gasteiger partial charge in [-0.2, -0.15) is 0 Å². The fourth-order valence-electron chi connectivity index (χ4n) is 1.05. The van der Waals surface area contributed by atoms with Crippen LogP contribution >= 0.6 is 0 Å². The van der Waals surface area contributed by atoms with E-state index in [1.54, 1.807) is 0 Å². The lowest BCUT2D eigenvalue weighted by molar-refractivity contribution is 0.471. The highest BCUT2D eigenvalue weighted by atomic mass is 16.5. The average Bonchev–Trinajstić information content (AvgIpc) is 2.23. The second-order valence-electron chi connectivity index (χ2n) is 2.82. The highest BCUT2D eigenvalue weighted by Gasteiger charge is 2.01. The Morgan fingerprint density at radius 3 is 2.71 bits per heavy atom. The second kappa shape index (κ2) is 3.87. The van der Waals surface area contributed by atoms with Crippen molar-refractivity contribution in [1.82, 2.24) is 9.97 Å². The highest BCUT2D eigenvalue weighted by Crippen LogP contribution is 2.20. The van der Waals surface area contributed by atoms with E-state index >= 15 is 0 Å². The largest absolute Gasteiger partial charge is 0.453 e. The zero-order chi connectivity index (χ0) is 9.80. The molecule has 0 aliphatic carbocycles. The van der Waals surface area contributed by atoms with Crippen molar-refractivity contribution in [3.63, 3.8) is 0 Å². The topological polar surface area (TPSA) is 35.0 Å². The third-order valence-corrected chi connectivity index (χ3v) is 1.77. The fraction of sp³-hybridized carbons (Fsp3) is 0.0909. The van der Waals surface area contributed by atoms with Gasteiger partial charge in [-0.3, -0.25) is 0 Å². The quantitative estimate of drug-likeness (QED) is 0.720. The summed E-state index contributed by atoms with van der Waals surface area (Å²) in [4.78, 5) is 7.79.